The fourth-order valence-corrected chi connectivity index (χ4v) is 4.20. The van der Waals surface area contributed by atoms with Gasteiger partial charge in [0.15, 0.2) is 0 Å². The third kappa shape index (κ3) is 5.12. The number of fused-ring (bicyclic) bond motifs is 1. The van der Waals surface area contributed by atoms with Crippen molar-refractivity contribution in [2.24, 2.45) is 5.92 Å². The monoisotopic (exact) mass is 456 g/mol. The number of benzene rings is 2. The summed E-state index contributed by atoms with van der Waals surface area (Å²) in [7, 11) is 1.57. The predicted octanol–water partition coefficient (Wildman–Crippen LogP) is 4.45. The van der Waals surface area contributed by atoms with Crippen LogP contribution in [0.3, 0.4) is 0 Å². The van der Waals surface area contributed by atoms with Gasteiger partial charge in [-0.2, -0.15) is 5.26 Å². The molecule has 174 valence electrons. The lowest BCUT2D eigenvalue weighted by atomic mass is 9.99. The van der Waals surface area contributed by atoms with E-state index >= 15 is 0 Å². The van der Waals surface area contributed by atoms with Crippen LogP contribution >= 0.6 is 0 Å². The Kier molecular flexibility index (Phi) is 6.98. The highest BCUT2D eigenvalue weighted by Crippen LogP contribution is 2.25. The van der Waals surface area contributed by atoms with Gasteiger partial charge in [-0.25, -0.2) is 0 Å². The van der Waals surface area contributed by atoms with Crippen LogP contribution in [0.15, 0.2) is 60.3 Å². The molecule has 1 fully saturated rings. The van der Waals surface area contributed by atoms with Gasteiger partial charge in [0, 0.05) is 41.4 Å². The number of likely N-dealkylation sites (tertiary alicyclic amines) is 1. The van der Waals surface area contributed by atoms with E-state index in [-0.39, 0.29) is 18.0 Å². The molecule has 1 N–H and O–H groups in total. The number of hydrogen-bond acceptors (Lipinski definition) is 4. The molecule has 2 aromatic carbocycles. The largest absolute Gasteiger partial charge is 0.497 e. The number of methoxy groups -OCH3 is 1. The zero-order valence-electron chi connectivity index (χ0n) is 19.5. The minimum Gasteiger partial charge on any atom is -0.497 e. The minimum atomic E-state index is -0.497. The number of carbonyl (C=O) groups is 2. The second-order valence-electron chi connectivity index (χ2n) is 8.65. The molecule has 0 unspecified atom stereocenters. The lowest BCUT2D eigenvalue weighted by molar-refractivity contribution is -0.133. The predicted molar refractivity (Wildman–Crippen MR) is 132 cm³/mol. The first-order valence-corrected chi connectivity index (χ1v) is 11.4. The van der Waals surface area contributed by atoms with E-state index in [1.54, 1.807) is 37.5 Å². The Morgan fingerprint density at radius 3 is 2.53 bits per heavy atom. The molecule has 0 spiro atoms. The van der Waals surface area contributed by atoms with Crippen LogP contribution in [0.1, 0.15) is 25.3 Å². The molecule has 34 heavy (non-hydrogen) atoms. The normalized spacial score (nSPS) is 14.6. The summed E-state index contributed by atoms with van der Waals surface area (Å²) in [6.07, 6.45) is 5.47. The molecule has 2 amide bonds. The van der Waals surface area contributed by atoms with E-state index < -0.39 is 5.91 Å². The topological polar surface area (TPSA) is 87.4 Å². The molecule has 0 aliphatic carbocycles. The first kappa shape index (κ1) is 23.1. The maximum atomic E-state index is 12.9. The Hall–Kier alpha value is -4.05. The summed E-state index contributed by atoms with van der Waals surface area (Å²) < 4.78 is 7.03. The third-order valence-corrected chi connectivity index (χ3v) is 6.27. The highest BCUT2D eigenvalue weighted by atomic mass is 16.5. The molecule has 0 radical (unpaired) electrons. The van der Waals surface area contributed by atoms with Crippen LogP contribution in [0.4, 0.5) is 5.69 Å². The van der Waals surface area contributed by atoms with Crippen molar-refractivity contribution >= 4 is 34.5 Å². The number of nitrogens with zero attached hydrogens (tertiary/aromatic N) is 3. The first-order valence-electron chi connectivity index (χ1n) is 11.4. The fraction of sp³-hybridized carbons (Fsp3) is 0.296. The number of nitriles is 1. The number of rotatable bonds is 6. The van der Waals surface area contributed by atoms with Crippen LogP contribution in [-0.4, -0.2) is 41.5 Å². The molecule has 1 aliphatic heterocycles. The van der Waals surface area contributed by atoms with Crippen molar-refractivity contribution in [3.63, 3.8) is 0 Å². The Morgan fingerprint density at radius 2 is 1.85 bits per heavy atom. The molecule has 7 nitrogen and oxygen atoms in total. The van der Waals surface area contributed by atoms with Crippen molar-refractivity contribution in [1.29, 1.82) is 5.26 Å². The van der Waals surface area contributed by atoms with Gasteiger partial charge in [-0.3, -0.25) is 9.59 Å². The summed E-state index contributed by atoms with van der Waals surface area (Å²) >= 11 is 0. The van der Waals surface area contributed by atoms with Crippen LogP contribution < -0.4 is 10.1 Å². The maximum Gasteiger partial charge on any atom is 0.266 e. The summed E-state index contributed by atoms with van der Waals surface area (Å²) in [5.74, 6) is 0.918. The SMILES string of the molecule is COc1ccc(NC(=O)/C(C#N)=C/c2cn(CC(=O)N3CCC(C)CC3)c3ccccc23)cc1. The van der Waals surface area contributed by atoms with Gasteiger partial charge in [-0.15, -0.1) is 0 Å². The molecular formula is C27H28N4O3. The molecule has 4 rings (SSSR count). The highest BCUT2D eigenvalue weighted by molar-refractivity contribution is 6.10. The van der Waals surface area contributed by atoms with Crippen LogP contribution in [-0.2, 0) is 16.1 Å². The number of carbonyl (C=O) groups excluding carboxylic acids is 2. The number of nitrogens with one attached hydrogen (secondary N) is 1. The molecule has 1 aromatic heterocycles. The van der Waals surface area contributed by atoms with E-state index in [0.717, 1.165) is 42.4 Å². The molecule has 0 saturated carbocycles. The molecule has 2 heterocycles. The quantitative estimate of drug-likeness (QED) is 0.438. The fourth-order valence-electron chi connectivity index (χ4n) is 4.20. The van der Waals surface area contributed by atoms with Crippen molar-refractivity contribution in [2.45, 2.75) is 26.3 Å². The van der Waals surface area contributed by atoms with Crippen LogP contribution in [0.2, 0.25) is 0 Å². The zero-order chi connectivity index (χ0) is 24.1. The summed E-state index contributed by atoms with van der Waals surface area (Å²) in [6, 6.07) is 16.6. The summed E-state index contributed by atoms with van der Waals surface area (Å²) in [5, 5.41) is 13.3. The summed E-state index contributed by atoms with van der Waals surface area (Å²) in [6.45, 7) is 4.02. The van der Waals surface area contributed by atoms with Crippen molar-refractivity contribution in [3.05, 3.63) is 65.9 Å². The molecule has 1 saturated heterocycles. The number of ether oxygens (including phenoxy) is 1. The molecule has 3 aromatic rings. The van der Waals surface area contributed by atoms with Gasteiger partial charge < -0.3 is 19.5 Å². The summed E-state index contributed by atoms with van der Waals surface area (Å²) in [4.78, 5) is 27.6. The number of anilines is 1. The Morgan fingerprint density at radius 1 is 1.15 bits per heavy atom. The van der Waals surface area contributed by atoms with Crippen molar-refractivity contribution in [2.75, 3.05) is 25.5 Å². The molecule has 0 atom stereocenters. The Bertz CT molecular complexity index is 1260. The summed E-state index contributed by atoms with van der Waals surface area (Å²) in [5.41, 5.74) is 2.16. The molecule has 7 heteroatoms. The zero-order valence-corrected chi connectivity index (χ0v) is 19.5. The van der Waals surface area contributed by atoms with Crippen molar-refractivity contribution < 1.29 is 14.3 Å². The second kappa shape index (κ2) is 10.3. The highest BCUT2D eigenvalue weighted by Gasteiger charge is 2.21. The van der Waals surface area contributed by atoms with Gasteiger partial charge in [0.25, 0.3) is 5.91 Å². The molecule has 0 bridgehead atoms. The van der Waals surface area contributed by atoms with Gasteiger partial charge in [0.2, 0.25) is 5.91 Å². The average molecular weight is 457 g/mol. The van der Waals surface area contributed by atoms with Gasteiger partial charge in [-0.1, -0.05) is 25.1 Å². The first-order chi connectivity index (χ1) is 16.5. The number of para-hydroxylation sites is 1. The maximum absolute atomic E-state index is 12.9. The average Bonchev–Trinajstić information content (AvgIpc) is 3.20. The minimum absolute atomic E-state index is 0.0185. The van der Waals surface area contributed by atoms with Crippen LogP contribution in [0, 0.1) is 17.2 Å². The van der Waals surface area contributed by atoms with Gasteiger partial charge in [-0.05, 0) is 55.2 Å². The van der Waals surface area contributed by atoms with E-state index in [1.807, 2.05) is 46.0 Å². The lowest BCUT2D eigenvalue weighted by Gasteiger charge is -2.30. The van der Waals surface area contributed by atoms with Crippen molar-refractivity contribution in [3.8, 4) is 11.8 Å². The standard InChI is InChI=1S/C27H28N4O3/c1-19-11-13-30(14-12-19)26(32)18-31-17-21(24-5-3-4-6-25(24)31)15-20(16-28)27(33)29-22-7-9-23(34-2)10-8-22/h3-10,15,17,19H,11-14,18H2,1-2H3,(H,29,33)/b20-15+. The number of piperidine rings is 1. The van der Waals surface area contributed by atoms with Crippen LogP contribution in [0.5, 0.6) is 5.75 Å². The second-order valence-corrected chi connectivity index (χ2v) is 8.65. The van der Waals surface area contributed by atoms with E-state index in [4.69, 9.17) is 4.74 Å². The molecular weight excluding hydrogens is 428 g/mol. The smallest absolute Gasteiger partial charge is 0.266 e. The third-order valence-electron chi connectivity index (χ3n) is 6.27. The van der Waals surface area contributed by atoms with E-state index in [9.17, 15) is 14.9 Å². The van der Waals surface area contributed by atoms with E-state index in [0.29, 0.717) is 17.4 Å². The van der Waals surface area contributed by atoms with Crippen molar-refractivity contribution in [1.82, 2.24) is 9.47 Å². The van der Waals surface area contributed by atoms with E-state index in [2.05, 4.69) is 12.2 Å². The number of hydrogen-bond donors (Lipinski definition) is 1. The molecule has 1 aliphatic rings. The van der Waals surface area contributed by atoms with E-state index in [1.165, 1.54) is 0 Å². The number of amides is 2. The van der Waals surface area contributed by atoms with Gasteiger partial charge >= 0.3 is 0 Å². The Balaban J connectivity index is 1.57. The lowest BCUT2D eigenvalue weighted by Crippen LogP contribution is -2.39. The van der Waals surface area contributed by atoms with Gasteiger partial charge in [0.1, 0.15) is 23.9 Å². The Labute approximate surface area is 199 Å². The van der Waals surface area contributed by atoms with Gasteiger partial charge in [0.05, 0.1) is 7.11 Å². The van der Waals surface area contributed by atoms with Crippen LogP contribution in [0.25, 0.3) is 17.0 Å². The number of aromatic nitrogens is 1.